The van der Waals surface area contributed by atoms with Crippen LogP contribution in [-0.4, -0.2) is 51.2 Å². The highest BCUT2D eigenvalue weighted by molar-refractivity contribution is 5.96. The molecule has 1 aliphatic heterocycles. The number of carbonyl (C=O) groups excluding carboxylic acids is 1. The molecule has 8 nitrogen and oxygen atoms in total. The van der Waals surface area contributed by atoms with Crippen molar-refractivity contribution >= 4 is 17.6 Å². The first-order valence-electron chi connectivity index (χ1n) is 11.4. The van der Waals surface area contributed by atoms with Gasteiger partial charge in [0.25, 0.3) is 5.91 Å². The molecule has 1 fully saturated rings. The zero-order chi connectivity index (χ0) is 24.3. The van der Waals surface area contributed by atoms with Gasteiger partial charge >= 0.3 is 5.97 Å². The molecule has 0 aliphatic carbocycles. The standard InChI is InChI=1S/C25H34N4O4/c1-15-12-17(10-11-29(15)19-8-6-18(7-9-19)25(3,4)5)13-20-27-16(2)23(32)22(28-20)24(33)26-14-21(30)31/h6-9,15,17,32H,10-14H2,1-5H3,(H,26,33)(H,30,31). The van der Waals surface area contributed by atoms with E-state index in [9.17, 15) is 14.7 Å². The number of nitrogens with zero attached hydrogens (tertiary/aromatic N) is 3. The lowest BCUT2D eigenvalue weighted by atomic mass is 9.86. The van der Waals surface area contributed by atoms with Crippen LogP contribution in [0.15, 0.2) is 24.3 Å². The van der Waals surface area contributed by atoms with E-state index in [1.54, 1.807) is 6.92 Å². The summed E-state index contributed by atoms with van der Waals surface area (Å²) in [7, 11) is 0. The number of hydrogen-bond donors (Lipinski definition) is 3. The van der Waals surface area contributed by atoms with Crippen LogP contribution in [0.3, 0.4) is 0 Å². The number of piperidine rings is 1. The summed E-state index contributed by atoms with van der Waals surface area (Å²) < 4.78 is 0. The summed E-state index contributed by atoms with van der Waals surface area (Å²) in [5, 5.41) is 21.2. The van der Waals surface area contributed by atoms with Crippen LogP contribution in [-0.2, 0) is 16.6 Å². The number of benzene rings is 1. The SMILES string of the molecule is Cc1nc(CC2CCN(c3ccc(C(C)(C)C)cc3)C(C)C2)nc(C(=O)NCC(=O)O)c1O. The molecule has 0 spiro atoms. The molecule has 2 heterocycles. The maximum Gasteiger partial charge on any atom is 0.322 e. The second-order valence-corrected chi connectivity index (χ2v) is 9.93. The van der Waals surface area contributed by atoms with Crippen molar-refractivity contribution in [2.24, 2.45) is 5.92 Å². The highest BCUT2D eigenvalue weighted by Crippen LogP contribution is 2.32. The van der Waals surface area contributed by atoms with Gasteiger partial charge in [-0.1, -0.05) is 32.9 Å². The molecular formula is C25H34N4O4. The Bertz CT molecular complexity index is 1010. The van der Waals surface area contributed by atoms with E-state index in [-0.39, 0.29) is 16.9 Å². The molecule has 1 saturated heterocycles. The second kappa shape index (κ2) is 9.77. The van der Waals surface area contributed by atoms with E-state index in [1.807, 2.05) is 0 Å². The number of carboxylic acid groups (broad SMARTS) is 1. The number of amides is 1. The smallest absolute Gasteiger partial charge is 0.322 e. The van der Waals surface area contributed by atoms with Gasteiger partial charge in [-0.05, 0) is 55.7 Å². The maximum absolute atomic E-state index is 12.3. The van der Waals surface area contributed by atoms with Gasteiger partial charge in [0, 0.05) is 24.7 Å². The predicted octanol–water partition coefficient (Wildman–Crippen LogP) is 3.45. The van der Waals surface area contributed by atoms with Crippen molar-refractivity contribution in [3.8, 4) is 5.75 Å². The first-order valence-corrected chi connectivity index (χ1v) is 11.4. The zero-order valence-corrected chi connectivity index (χ0v) is 20.1. The van der Waals surface area contributed by atoms with Crippen molar-refractivity contribution in [2.75, 3.05) is 18.0 Å². The quantitative estimate of drug-likeness (QED) is 0.612. The fourth-order valence-electron chi connectivity index (χ4n) is 4.36. The molecule has 3 N–H and O–H groups in total. The van der Waals surface area contributed by atoms with Gasteiger partial charge in [0.15, 0.2) is 11.4 Å². The Balaban J connectivity index is 1.67. The molecule has 1 amide bonds. The number of rotatable bonds is 6. The molecule has 1 aliphatic rings. The van der Waals surface area contributed by atoms with Crippen molar-refractivity contribution in [2.45, 2.75) is 65.3 Å². The first kappa shape index (κ1) is 24.5. The Morgan fingerprint density at radius 2 is 1.85 bits per heavy atom. The van der Waals surface area contributed by atoms with E-state index < -0.39 is 18.4 Å². The third kappa shape index (κ3) is 6.00. The Labute approximate surface area is 195 Å². The zero-order valence-electron chi connectivity index (χ0n) is 20.1. The van der Waals surface area contributed by atoms with Crippen molar-refractivity contribution in [3.63, 3.8) is 0 Å². The van der Waals surface area contributed by atoms with E-state index in [0.29, 0.717) is 29.9 Å². The van der Waals surface area contributed by atoms with Crippen LogP contribution < -0.4 is 10.2 Å². The van der Waals surface area contributed by atoms with E-state index in [1.165, 1.54) is 11.3 Å². The summed E-state index contributed by atoms with van der Waals surface area (Å²) in [6.07, 6.45) is 2.53. The Kier molecular flexibility index (Phi) is 7.25. The summed E-state index contributed by atoms with van der Waals surface area (Å²) in [5.41, 5.74) is 2.80. The maximum atomic E-state index is 12.3. The van der Waals surface area contributed by atoms with Gasteiger partial charge in [0.2, 0.25) is 0 Å². The fraction of sp³-hybridized carbons (Fsp3) is 0.520. The molecule has 3 rings (SSSR count). The summed E-state index contributed by atoms with van der Waals surface area (Å²) in [4.78, 5) is 34.1. The monoisotopic (exact) mass is 454 g/mol. The van der Waals surface area contributed by atoms with E-state index in [4.69, 9.17) is 5.11 Å². The molecular weight excluding hydrogens is 420 g/mol. The lowest BCUT2D eigenvalue weighted by Crippen LogP contribution is -2.41. The molecule has 8 heteroatoms. The van der Waals surface area contributed by atoms with Gasteiger partial charge in [-0.25, -0.2) is 9.97 Å². The van der Waals surface area contributed by atoms with Gasteiger partial charge in [-0.3, -0.25) is 9.59 Å². The molecule has 178 valence electrons. The molecule has 1 aromatic heterocycles. The third-order valence-corrected chi connectivity index (χ3v) is 6.24. The number of hydrogen-bond acceptors (Lipinski definition) is 6. The van der Waals surface area contributed by atoms with Crippen LogP contribution >= 0.6 is 0 Å². The third-order valence-electron chi connectivity index (χ3n) is 6.24. The van der Waals surface area contributed by atoms with Crippen molar-refractivity contribution < 1.29 is 19.8 Å². The normalized spacial score (nSPS) is 18.8. The van der Waals surface area contributed by atoms with Crippen LogP contribution in [0.25, 0.3) is 0 Å². The lowest BCUT2D eigenvalue weighted by molar-refractivity contribution is -0.135. The Hall–Kier alpha value is -3.16. The number of aryl methyl sites for hydroxylation is 1. The van der Waals surface area contributed by atoms with Gasteiger partial charge in [-0.15, -0.1) is 0 Å². The Morgan fingerprint density at radius 3 is 2.42 bits per heavy atom. The molecule has 0 radical (unpaired) electrons. The topological polar surface area (TPSA) is 116 Å². The largest absolute Gasteiger partial charge is 0.504 e. The van der Waals surface area contributed by atoms with E-state index in [2.05, 4.69) is 72.1 Å². The van der Waals surface area contributed by atoms with Crippen LogP contribution in [0, 0.1) is 12.8 Å². The summed E-state index contributed by atoms with van der Waals surface area (Å²) in [6.45, 7) is 10.9. The number of aromatic nitrogens is 2. The van der Waals surface area contributed by atoms with Crippen LogP contribution in [0.4, 0.5) is 5.69 Å². The van der Waals surface area contributed by atoms with E-state index >= 15 is 0 Å². The average molecular weight is 455 g/mol. The van der Waals surface area contributed by atoms with Crippen molar-refractivity contribution in [3.05, 3.63) is 47.0 Å². The molecule has 33 heavy (non-hydrogen) atoms. The predicted molar refractivity (Wildman–Crippen MR) is 127 cm³/mol. The minimum absolute atomic E-state index is 0.128. The van der Waals surface area contributed by atoms with Gasteiger partial charge in [0.1, 0.15) is 12.4 Å². The number of anilines is 1. The molecule has 0 saturated carbocycles. The average Bonchev–Trinajstić information content (AvgIpc) is 2.74. The number of aromatic hydroxyl groups is 1. The van der Waals surface area contributed by atoms with Crippen molar-refractivity contribution in [1.82, 2.24) is 15.3 Å². The second-order valence-electron chi connectivity index (χ2n) is 9.93. The van der Waals surface area contributed by atoms with E-state index in [0.717, 1.165) is 19.4 Å². The van der Waals surface area contributed by atoms with Crippen LogP contribution in [0.5, 0.6) is 5.75 Å². The first-order chi connectivity index (χ1) is 15.5. The summed E-state index contributed by atoms with van der Waals surface area (Å²) in [6, 6.07) is 9.16. The number of aliphatic carboxylic acids is 1. The van der Waals surface area contributed by atoms with Gasteiger partial charge in [0.05, 0.1) is 5.69 Å². The summed E-state index contributed by atoms with van der Waals surface area (Å²) >= 11 is 0. The molecule has 2 aromatic rings. The highest BCUT2D eigenvalue weighted by Gasteiger charge is 2.28. The molecule has 0 bridgehead atoms. The fourth-order valence-corrected chi connectivity index (χ4v) is 4.36. The minimum Gasteiger partial charge on any atom is -0.504 e. The molecule has 1 aromatic carbocycles. The van der Waals surface area contributed by atoms with Crippen molar-refractivity contribution in [1.29, 1.82) is 0 Å². The van der Waals surface area contributed by atoms with Crippen LogP contribution in [0.1, 0.15) is 68.1 Å². The number of carboxylic acids is 1. The summed E-state index contributed by atoms with van der Waals surface area (Å²) in [5.74, 6) is -1.36. The lowest BCUT2D eigenvalue weighted by Gasteiger charge is -2.39. The highest BCUT2D eigenvalue weighted by atomic mass is 16.4. The molecule has 2 unspecified atom stereocenters. The molecule has 2 atom stereocenters. The van der Waals surface area contributed by atoms with Gasteiger partial charge in [-0.2, -0.15) is 0 Å². The van der Waals surface area contributed by atoms with Gasteiger partial charge < -0.3 is 20.4 Å². The minimum atomic E-state index is -1.16. The number of nitrogens with one attached hydrogen (secondary N) is 1. The Morgan fingerprint density at radius 1 is 1.18 bits per heavy atom. The van der Waals surface area contributed by atoms with Crippen LogP contribution in [0.2, 0.25) is 0 Å². The number of carbonyl (C=O) groups is 2.